The molecule has 2 aliphatic heterocycles. The highest BCUT2D eigenvalue weighted by Gasteiger charge is 2.57. The minimum Gasteiger partial charge on any atom is -0.450 e. The van der Waals surface area contributed by atoms with E-state index in [9.17, 15) is 14.4 Å². The van der Waals surface area contributed by atoms with Gasteiger partial charge in [0.2, 0.25) is 0 Å². The SMILES string of the molecule is CC(C)(C)OC(=O)N1C[C@@H](c2ccn(C3CCN(C(=O)OCC[Si](C)(C)C)CC3)c(=O)c2)CC12CC2. The van der Waals surface area contributed by atoms with Crippen LogP contribution in [-0.4, -0.2) is 72.0 Å². The Bertz CT molecular complexity index is 1030. The summed E-state index contributed by atoms with van der Waals surface area (Å²) in [5, 5.41) is 0. The van der Waals surface area contributed by atoms with Crippen LogP contribution in [0.1, 0.15) is 70.4 Å². The molecule has 3 heterocycles. The topological polar surface area (TPSA) is 81.1 Å². The number of rotatable bonds is 5. The fraction of sp³-hybridized carbons (Fsp3) is 0.741. The predicted octanol–water partition coefficient (Wildman–Crippen LogP) is 5.22. The first-order valence-electron chi connectivity index (χ1n) is 13.4. The van der Waals surface area contributed by atoms with E-state index >= 15 is 0 Å². The van der Waals surface area contributed by atoms with Crippen molar-refractivity contribution in [3.63, 3.8) is 0 Å². The van der Waals surface area contributed by atoms with Gasteiger partial charge in [-0.3, -0.25) is 4.79 Å². The molecule has 3 fully saturated rings. The molecule has 2 saturated heterocycles. The Morgan fingerprint density at radius 1 is 1.11 bits per heavy atom. The molecule has 4 rings (SSSR count). The van der Waals surface area contributed by atoms with Crippen molar-refractivity contribution in [2.24, 2.45) is 0 Å². The lowest BCUT2D eigenvalue weighted by molar-refractivity contribution is 0.0202. The summed E-state index contributed by atoms with van der Waals surface area (Å²) in [5.41, 5.74) is 0.367. The zero-order chi connectivity index (χ0) is 26.3. The van der Waals surface area contributed by atoms with E-state index in [2.05, 4.69) is 19.6 Å². The van der Waals surface area contributed by atoms with Crippen LogP contribution < -0.4 is 5.56 Å². The number of hydrogen-bond acceptors (Lipinski definition) is 5. The summed E-state index contributed by atoms with van der Waals surface area (Å²) in [6, 6.07) is 4.83. The molecule has 1 aromatic heterocycles. The largest absolute Gasteiger partial charge is 0.450 e. The highest BCUT2D eigenvalue weighted by atomic mass is 28.3. The van der Waals surface area contributed by atoms with Gasteiger partial charge in [0.05, 0.1) is 6.61 Å². The second-order valence-electron chi connectivity index (χ2n) is 13.1. The minimum absolute atomic E-state index is 0.00997. The normalized spacial score (nSPS) is 22.1. The van der Waals surface area contributed by atoms with E-state index in [-0.39, 0.29) is 35.2 Å². The molecule has 0 bridgehead atoms. The average Bonchev–Trinajstić information content (AvgIpc) is 3.43. The van der Waals surface area contributed by atoms with Gasteiger partial charge in [-0.1, -0.05) is 19.6 Å². The van der Waals surface area contributed by atoms with E-state index in [0.29, 0.717) is 26.2 Å². The summed E-state index contributed by atoms with van der Waals surface area (Å²) < 4.78 is 12.9. The van der Waals surface area contributed by atoms with Gasteiger partial charge in [0, 0.05) is 57.5 Å². The molecule has 1 atom stereocenters. The fourth-order valence-corrected chi connectivity index (χ4v) is 6.11. The molecular weight excluding hydrogens is 474 g/mol. The van der Waals surface area contributed by atoms with E-state index in [1.54, 1.807) is 11.0 Å². The highest BCUT2D eigenvalue weighted by molar-refractivity contribution is 6.76. The minimum atomic E-state index is -1.23. The van der Waals surface area contributed by atoms with Crippen molar-refractivity contribution in [2.75, 3.05) is 26.2 Å². The number of pyridine rings is 1. The summed E-state index contributed by atoms with van der Waals surface area (Å²) in [5.74, 6) is 0.148. The molecule has 1 spiro atoms. The fourth-order valence-electron chi connectivity index (χ4n) is 5.40. The maximum atomic E-state index is 13.1. The highest BCUT2D eigenvalue weighted by Crippen LogP contribution is 2.54. The molecule has 1 aliphatic carbocycles. The lowest BCUT2D eigenvalue weighted by Crippen LogP contribution is -2.41. The van der Waals surface area contributed by atoms with Crippen LogP contribution in [0.25, 0.3) is 0 Å². The van der Waals surface area contributed by atoms with Gasteiger partial charge in [-0.25, -0.2) is 9.59 Å². The zero-order valence-electron chi connectivity index (χ0n) is 22.8. The predicted molar refractivity (Wildman–Crippen MR) is 142 cm³/mol. The monoisotopic (exact) mass is 517 g/mol. The average molecular weight is 518 g/mol. The molecule has 1 aromatic rings. The second-order valence-corrected chi connectivity index (χ2v) is 18.7. The molecule has 3 aliphatic rings. The van der Waals surface area contributed by atoms with Crippen LogP contribution in [0.3, 0.4) is 0 Å². The lowest BCUT2D eigenvalue weighted by Gasteiger charge is -2.32. The lowest BCUT2D eigenvalue weighted by atomic mass is 9.96. The summed E-state index contributed by atoms with van der Waals surface area (Å²) in [6.07, 6.45) is 5.77. The van der Waals surface area contributed by atoms with Crippen molar-refractivity contribution in [3.8, 4) is 0 Å². The van der Waals surface area contributed by atoms with Gasteiger partial charge in [0.15, 0.2) is 0 Å². The van der Waals surface area contributed by atoms with Crippen molar-refractivity contribution in [3.05, 3.63) is 34.2 Å². The van der Waals surface area contributed by atoms with Crippen molar-refractivity contribution in [1.82, 2.24) is 14.4 Å². The molecule has 0 aromatic carbocycles. The third-order valence-electron chi connectivity index (χ3n) is 7.68. The number of nitrogens with zero attached hydrogens (tertiary/aromatic N) is 3. The molecule has 0 radical (unpaired) electrons. The molecule has 8 nitrogen and oxygen atoms in total. The van der Waals surface area contributed by atoms with Crippen LogP contribution in [0.5, 0.6) is 0 Å². The third-order valence-corrected chi connectivity index (χ3v) is 9.38. The van der Waals surface area contributed by atoms with E-state index in [4.69, 9.17) is 9.47 Å². The van der Waals surface area contributed by atoms with Crippen LogP contribution >= 0.6 is 0 Å². The number of piperidine rings is 1. The smallest absolute Gasteiger partial charge is 0.410 e. The number of carbonyl (C=O) groups excluding carboxylic acids is 2. The molecule has 36 heavy (non-hydrogen) atoms. The summed E-state index contributed by atoms with van der Waals surface area (Å²) in [7, 11) is -1.23. The van der Waals surface area contributed by atoms with E-state index < -0.39 is 13.7 Å². The van der Waals surface area contributed by atoms with Crippen LogP contribution in [-0.2, 0) is 9.47 Å². The first-order valence-corrected chi connectivity index (χ1v) is 17.1. The quantitative estimate of drug-likeness (QED) is 0.501. The van der Waals surface area contributed by atoms with Crippen molar-refractivity contribution >= 4 is 20.3 Å². The van der Waals surface area contributed by atoms with Crippen LogP contribution in [0.4, 0.5) is 9.59 Å². The van der Waals surface area contributed by atoms with Crippen molar-refractivity contribution in [2.45, 2.75) is 102 Å². The standard InChI is InChI=1S/C27H43N3O5Si/c1-26(2,3)35-25(33)30-19-21(18-27(30)10-11-27)20-7-14-29(23(31)17-20)22-8-12-28(13-9-22)24(32)34-15-16-36(4,5)6/h7,14,17,21-22H,8-13,15-16,18-19H2,1-6H3/t21-/m0/s1. The molecule has 0 unspecified atom stereocenters. The maximum absolute atomic E-state index is 13.1. The maximum Gasteiger partial charge on any atom is 0.410 e. The molecule has 9 heteroatoms. The Morgan fingerprint density at radius 3 is 2.33 bits per heavy atom. The Morgan fingerprint density at radius 2 is 1.78 bits per heavy atom. The Balaban J connectivity index is 1.33. The van der Waals surface area contributed by atoms with Gasteiger partial charge < -0.3 is 23.8 Å². The zero-order valence-corrected chi connectivity index (χ0v) is 23.8. The molecule has 0 N–H and O–H groups in total. The van der Waals surface area contributed by atoms with E-state index in [1.165, 1.54) is 0 Å². The van der Waals surface area contributed by atoms with Gasteiger partial charge in [-0.2, -0.15) is 0 Å². The van der Waals surface area contributed by atoms with Gasteiger partial charge in [-0.05, 0) is 70.5 Å². The number of carbonyl (C=O) groups is 2. The Kier molecular flexibility index (Phi) is 7.34. The van der Waals surface area contributed by atoms with Crippen LogP contribution in [0.15, 0.2) is 23.1 Å². The first-order chi connectivity index (χ1) is 16.8. The van der Waals surface area contributed by atoms with E-state index in [0.717, 1.165) is 43.7 Å². The number of hydrogen-bond donors (Lipinski definition) is 0. The molecular formula is C27H43N3O5Si. The van der Waals surface area contributed by atoms with Gasteiger partial charge in [-0.15, -0.1) is 0 Å². The Hall–Kier alpha value is -2.29. The van der Waals surface area contributed by atoms with Gasteiger partial charge >= 0.3 is 12.2 Å². The summed E-state index contributed by atoms with van der Waals surface area (Å²) in [4.78, 5) is 42.0. The summed E-state index contributed by atoms with van der Waals surface area (Å²) in [6.45, 7) is 14.7. The third kappa shape index (κ3) is 6.33. The van der Waals surface area contributed by atoms with Crippen molar-refractivity contribution in [1.29, 1.82) is 0 Å². The van der Waals surface area contributed by atoms with Crippen molar-refractivity contribution < 1.29 is 19.1 Å². The second kappa shape index (κ2) is 9.87. The van der Waals surface area contributed by atoms with Gasteiger partial charge in [0.1, 0.15) is 5.60 Å². The van der Waals surface area contributed by atoms with E-state index in [1.807, 2.05) is 42.5 Å². The molecule has 1 saturated carbocycles. The first kappa shape index (κ1) is 26.8. The number of likely N-dealkylation sites (tertiary alicyclic amines) is 2. The summed E-state index contributed by atoms with van der Waals surface area (Å²) >= 11 is 0. The van der Waals surface area contributed by atoms with Crippen LogP contribution in [0, 0.1) is 0 Å². The Labute approximate surface area is 215 Å². The van der Waals surface area contributed by atoms with Gasteiger partial charge in [0.25, 0.3) is 5.56 Å². The molecule has 200 valence electrons. The number of aromatic nitrogens is 1. The molecule has 2 amide bonds. The number of amides is 2. The number of ether oxygens (including phenoxy) is 2. The van der Waals surface area contributed by atoms with Crippen LogP contribution in [0.2, 0.25) is 25.7 Å².